The summed E-state index contributed by atoms with van der Waals surface area (Å²) in [5.74, 6) is 0.672. The first-order chi connectivity index (χ1) is 5.77. The molecule has 0 unspecified atom stereocenters. The van der Waals surface area contributed by atoms with Gasteiger partial charge in [0.1, 0.15) is 5.75 Å². The van der Waals surface area contributed by atoms with E-state index in [9.17, 15) is 0 Å². The molecule has 0 bridgehead atoms. The van der Waals surface area contributed by atoms with E-state index < -0.39 is 0 Å². The molecule has 62 valence electrons. The number of rotatable bonds is 2. The largest absolute Gasteiger partial charge is 0.388 e. The molecule has 0 radical (unpaired) electrons. The van der Waals surface area contributed by atoms with Crippen LogP contribution in [0.15, 0.2) is 18.2 Å². The lowest BCUT2D eigenvalue weighted by Gasteiger charge is -2.03. The number of nitriles is 1. The van der Waals surface area contributed by atoms with E-state index in [1.54, 1.807) is 6.26 Å². The molecule has 0 heterocycles. The van der Waals surface area contributed by atoms with Gasteiger partial charge in [-0.2, -0.15) is 0 Å². The molecule has 0 saturated heterocycles. The molecule has 2 heteroatoms. The maximum Gasteiger partial charge on any atom is 0.292 e. The summed E-state index contributed by atoms with van der Waals surface area (Å²) in [5.41, 5.74) is 2.27. The minimum Gasteiger partial charge on any atom is -0.388 e. The molecule has 0 atom stereocenters. The Balaban J connectivity index is 3.04. The summed E-state index contributed by atoms with van der Waals surface area (Å²) in [5, 5.41) is 8.34. The molecule has 1 aromatic rings. The minimum atomic E-state index is 0.672. The van der Waals surface area contributed by atoms with E-state index in [0.29, 0.717) is 5.75 Å². The quantitative estimate of drug-likeness (QED) is 0.624. The van der Waals surface area contributed by atoms with Gasteiger partial charge in [0.25, 0.3) is 6.26 Å². The first-order valence-corrected chi connectivity index (χ1v) is 3.93. The predicted octanol–water partition coefficient (Wildman–Crippen LogP) is 2.42. The monoisotopic (exact) mass is 161 g/mol. The number of hydrogen-bond acceptors (Lipinski definition) is 2. The van der Waals surface area contributed by atoms with Crippen molar-refractivity contribution in [3.8, 4) is 12.0 Å². The van der Waals surface area contributed by atoms with Gasteiger partial charge >= 0.3 is 0 Å². The second-order valence-electron chi connectivity index (χ2n) is 2.66. The first-order valence-electron chi connectivity index (χ1n) is 3.93. The van der Waals surface area contributed by atoms with Crippen molar-refractivity contribution >= 4 is 0 Å². The minimum absolute atomic E-state index is 0.672. The highest BCUT2D eigenvalue weighted by molar-refractivity contribution is 5.37. The van der Waals surface area contributed by atoms with Gasteiger partial charge in [0, 0.05) is 0 Å². The van der Waals surface area contributed by atoms with Crippen LogP contribution in [-0.4, -0.2) is 0 Å². The number of ether oxygens (including phenoxy) is 1. The molecule has 0 fully saturated rings. The maximum atomic E-state index is 8.34. The number of aryl methyl sites for hydroxylation is 2. The lowest BCUT2D eigenvalue weighted by atomic mass is 10.1. The molecule has 2 nitrogen and oxygen atoms in total. The van der Waals surface area contributed by atoms with E-state index in [1.165, 1.54) is 5.56 Å². The molecule has 0 amide bonds. The molecule has 0 saturated carbocycles. The van der Waals surface area contributed by atoms with Gasteiger partial charge in [-0.15, -0.1) is 5.26 Å². The van der Waals surface area contributed by atoms with Crippen LogP contribution in [-0.2, 0) is 6.42 Å². The molecule has 0 aliphatic carbocycles. The summed E-state index contributed by atoms with van der Waals surface area (Å²) < 4.78 is 4.79. The SMILES string of the molecule is CCc1cc(C)ccc1OC#N. The highest BCUT2D eigenvalue weighted by Gasteiger charge is 2.00. The molecule has 1 aromatic carbocycles. The summed E-state index contributed by atoms with van der Waals surface area (Å²) in [6, 6.07) is 5.80. The van der Waals surface area contributed by atoms with Gasteiger partial charge in [-0.25, -0.2) is 0 Å². The fourth-order valence-corrected chi connectivity index (χ4v) is 1.13. The van der Waals surface area contributed by atoms with Crippen LogP contribution < -0.4 is 4.74 Å². The summed E-state index contributed by atoms with van der Waals surface area (Å²) in [6.07, 6.45) is 2.57. The zero-order valence-corrected chi connectivity index (χ0v) is 7.29. The van der Waals surface area contributed by atoms with Crippen molar-refractivity contribution in [3.05, 3.63) is 29.3 Å². The summed E-state index contributed by atoms with van der Waals surface area (Å²) in [4.78, 5) is 0. The lowest BCUT2D eigenvalue weighted by molar-refractivity contribution is 0.500. The molecule has 0 aliphatic rings. The fourth-order valence-electron chi connectivity index (χ4n) is 1.13. The van der Waals surface area contributed by atoms with E-state index in [1.807, 2.05) is 32.0 Å². The summed E-state index contributed by atoms with van der Waals surface area (Å²) in [7, 11) is 0. The van der Waals surface area contributed by atoms with Crippen LogP contribution in [0.1, 0.15) is 18.1 Å². The molecule has 0 spiro atoms. The van der Waals surface area contributed by atoms with Crippen molar-refractivity contribution in [3.63, 3.8) is 0 Å². The van der Waals surface area contributed by atoms with Gasteiger partial charge in [0.05, 0.1) is 0 Å². The third kappa shape index (κ3) is 1.76. The Kier molecular flexibility index (Phi) is 2.71. The third-order valence-corrected chi connectivity index (χ3v) is 1.75. The second-order valence-corrected chi connectivity index (χ2v) is 2.66. The van der Waals surface area contributed by atoms with E-state index in [4.69, 9.17) is 10.00 Å². The molecule has 12 heavy (non-hydrogen) atoms. The zero-order chi connectivity index (χ0) is 8.97. The van der Waals surface area contributed by atoms with Crippen molar-refractivity contribution in [2.75, 3.05) is 0 Å². The highest BCUT2D eigenvalue weighted by atomic mass is 16.5. The summed E-state index contributed by atoms with van der Waals surface area (Å²) in [6.45, 7) is 4.06. The van der Waals surface area contributed by atoms with Crippen LogP contribution in [0.2, 0.25) is 0 Å². The van der Waals surface area contributed by atoms with Crippen LogP contribution >= 0.6 is 0 Å². The Morgan fingerprint density at radius 2 is 2.25 bits per heavy atom. The fraction of sp³-hybridized carbons (Fsp3) is 0.300. The molecule has 1 rings (SSSR count). The molecule has 0 aromatic heterocycles. The topological polar surface area (TPSA) is 33.0 Å². The second kappa shape index (κ2) is 3.77. The molecular formula is C10H11NO. The van der Waals surface area contributed by atoms with E-state index >= 15 is 0 Å². The van der Waals surface area contributed by atoms with E-state index in [2.05, 4.69) is 0 Å². The molecular weight excluding hydrogens is 150 g/mol. The average Bonchev–Trinajstić information content (AvgIpc) is 2.08. The van der Waals surface area contributed by atoms with Crippen LogP contribution in [0, 0.1) is 18.4 Å². The van der Waals surface area contributed by atoms with Gasteiger partial charge in [-0.05, 0) is 25.0 Å². The van der Waals surface area contributed by atoms with Gasteiger partial charge in [-0.3, -0.25) is 0 Å². The van der Waals surface area contributed by atoms with Crippen molar-refractivity contribution in [1.29, 1.82) is 5.26 Å². The van der Waals surface area contributed by atoms with Crippen LogP contribution in [0.25, 0.3) is 0 Å². The standard InChI is InChI=1S/C10H11NO/c1-3-9-6-8(2)4-5-10(9)12-7-11/h4-6H,3H2,1-2H3. The van der Waals surface area contributed by atoms with Crippen molar-refractivity contribution in [2.45, 2.75) is 20.3 Å². The van der Waals surface area contributed by atoms with Gasteiger partial charge in [0.15, 0.2) is 0 Å². The summed E-state index contributed by atoms with van der Waals surface area (Å²) >= 11 is 0. The van der Waals surface area contributed by atoms with Crippen LogP contribution in [0.4, 0.5) is 0 Å². The van der Waals surface area contributed by atoms with E-state index in [0.717, 1.165) is 12.0 Å². The Hall–Kier alpha value is -1.49. The van der Waals surface area contributed by atoms with Crippen molar-refractivity contribution in [2.24, 2.45) is 0 Å². The molecule has 0 aliphatic heterocycles. The zero-order valence-electron chi connectivity index (χ0n) is 7.29. The number of benzene rings is 1. The van der Waals surface area contributed by atoms with Gasteiger partial charge in [-0.1, -0.05) is 24.6 Å². The van der Waals surface area contributed by atoms with Crippen LogP contribution in [0.3, 0.4) is 0 Å². The normalized spacial score (nSPS) is 9.08. The Labute approximate surface area is 72.4 Å². The lowest BCUT2D eigenvalue weighted by Crippen LogP contribution is -1.90. The Morgan fingerprint density at radius 1 is 1.50 bits per heavy atom. The van der Waals surface area contributed by atoms with Gasteiger partial charge in [0.2, 0.25) is 0 Å². The predicted molar refractivity (Wildman–Crippen MR) is 46.8 cm³/mol. The Bertz CT molecular complexity index is 312. The van der Waals surface area contributed by atoms with Crippen LogP contribution in [0.5, 0.6) is 5.75 Å². The molecule has 0 N–H and O–H groups in total. The van der Waals surface area contributed by atoms with E-state index in [-0.39, 0.29) is 0 Å². The first kappa shape index (κ1) is 8.61. The Morgan fingerprint density at radius 3 is 2.83 bits per heavy atom. The smallest absolute Gasteiger partial charge is 0.292 e. The van der Waals surface area contributed by atoms with Crippen molar-refractivity contribution < 1.29 is 4.74 Å². The highest BCUT2D eigenvalue weighted by Crippen LogP contribution is 2.19. The maximum absolute atomic E-state index is 8.34. The average molecular weight is 161 g/mol. The number of nitrogens with zero attached hydrogens (tertiary/aromatic N) is 1. The third-order valence-electron chi connectivity index (χ3n) is 1.75. The number of hydrogen-bond donors (Lipinski definition) is 0. The van der Waals surface area contributed by atoms with Gasteiger partial charge < -0.3 is 4.74 Å². The van der Waals surface area contributed by atoms with Crippen molar-refractivity contribution in [1.82, 2.24) is 0 Å².